The predicted molar refractivity (Wildman–Crippen MR) is 113 cm³/mol. The molecule has 134 valence electrons. The lowest BCUT2D eigenvalue weighted by Crippen LogP contribution is -2.72. The Kier molecular flexibility index (Phi) is 4.79. The number of hydrogen-bond donors (Lipinski definition) is 2. The third-order valence-electron chi connectivity index (χ3n) is 5.06. The molecule has 0 saturated carbocycles. The van der Waals surface area contributed by atoms with Crippen LogP contribution in [0.4, 0.5) is 22.7 Å². The van der Waals surface area contributed by atoms with Crippen molar-refractivity contribution in [1.82, 2.24) is 0 Å². The van der Waals surface area contributed by atoms with Crippen LogP contribution in [0.1, 0.15) is 20.8 Å². The topological polar surface area (TPSA) is 31.9 Å². The fraction of sp³-hybridized carbons (Fsp3) is 0.273. The van der Waals surface area contributed by atoms with E-state index in [1.165, 1.54) is 43.3 Å². The van der Waals surface area contributed by atoms with Gasteiger partial charge in [0.2, 0.25) is 0 Å². The van der Waals surface area contributed by atoms with Gasteiger partial charge in [0.1, 0.15) is 5.69 Å². The van der Waals surface area contributed by atoms with Crippen LogP contribution < -0.4 is 15.5 Å². The Morgan fingerprint density at radius 2 is 1.69 bits per heavy atom. The molecule has 4 heteroatoms. The molecule has 0 amide bonds. The Bertz CT molecular complexity index is 948. The molecule has 1 aliphatic heterocycles. The van der Waals surface area contributed by atoms with Crippen LogP contribution >= 0.6 is 11.8 Å². The minimum Gasteiger partial charge on any atom is -0.385 e. The molecule has 0 aromatic heterocycles. The molecule has 3 aromatic carbocycles. The van der Waals surface area contributed by atoms with Crippen molar-refractivity contribution < 1.29 is 5.32 Å². The molecule has 1 aliphatic rings. The predicted octanol–water partition coefficient (Wildman–Crippen LogP) is 5.11. The number of fused-ring (bicyclic) bond motifs is 4. The van der Waals surface area contributed by atoms with E-state index in [-0.39, 0.29) is 0 Å². The van der Waals surface area contributed by atoms with E-state index in [4.69, 9.17) is 0 Å². The van der Waals surface area contributed by atoms with Crippen LogP contribution in [0.2, 0.25) is 0 Å². The summed E-state index contributed by atoms with van der Waals surface area (Å²) in [4.78, 5) is 5.09. The summed E-state index contributed by atoms with van der Waals surface area (Å²) in [6, 6.07) is 17.9. The van der Waals surface area contributed by atoms with E-state index in [0.717, 1.165) is 19.6 Å². The summed E-state index contributed by atoms with van der Waals surface area (Å²) in [5.41, 5.74) is 5.20. The molecule has 0 saturated heterocycles. The summed E-state index contributed by atoms with van der Waals surface area (Å²) in [5, 5.41) is 8.51. The lowest BCUT2D eigenvalue weighted by atomic mass is 10.1. The second-order valence-electron chi connectivity index (χ2n) is 6.55. The first-order valence-corrected chi connectivity index (χ1v) is 10.3. The average molecular weight is 365 g/mol. The van der Waals surface area contributed by atoms with E-state index >= 15 is 0 Å². The molecule has 26 heavy (non-hydrogen) atoms. The van der Waals surface area contributed by atoms with Crippen LogP contribution in [-0.2, 0) is 0 Å². The standard InChI is InChI=1S/C22H25N3S/c1-4-23-19-14-21-22(17-10-8-7-9-16(17)19)24-18-12-11-15(13-20(18)26-21)25(5-2)6-3/h7-14,23-24H,4-6H2,1-3H3/p+1. The molecular weight excluding hydrogens is 338 g/mol. The molecule has 1 heterocycles. The van der Waals surface area contributed by atoms with Crippen LogP contribution in [0.15, 0.2) is 58.3 Å². The Balaban J connectivity index is 1.80. The van der Waals surface area contributed by atoms with Crippen LogP contribution in [0.5, 0.6) is 0 Å². The van der Waals surface area contributed by atoms with Crippen molar-refractivity contribution in [3.05, 3.63) is 48.5 Å². The molecule has 3 nitrogen and oxygen atoms in total. The fourth-order valence-electron chi connectivity index (χ4n) is 3.73. The molecule has 3 N–H and O–H groups in total. The summed E-state index contributed by atoms with van der Waals surface area (Å²) >= 11 is 1.89. The van der Waals surface area contributed by atoms with Crippen molar-refractivity contribution in [2.45, 2.75) is 30.6 Å². The van der Waals surface area contributed by atoms with E-state index in [1.54, 1.807) is 0 Å². The van der Waals surface area contributed by atoms with Crippen LogP contribution in [0.3, 0.4) is 0 Å². The van der Waals surface area contributed by atoms with Crippen LogP contribution in [0, 0.1) is 0 Å². The van der Waals surface area contributed by atoms with Crippen molar-refractivity contribution >= 4 is 45.3 Å². The first-order chi connectivity index (χ1) is 12.7. The third-order valence-corrected chi connectivity index (χ3v) is 6.19. The zero-order chi connectivity index (χ0) is 18.1. The smallest absolute Gasteiger partial charge is 0.156 e. The SMILES string of the molecule is CCNc1cc2c(c3ccccc13)[NH2+]c1ccc(N(CC)CC)cc1S2. The van der Waals surface area contributed by atoms with Crippen molar-refractivity contribution in [3.63, 3.8) is 0 Å². The number of anilines is 2. The monoisotopic (exact) mass is 364 g/mol. The maximum Gasteiger partial charge on any atom is 0.156 e. The quantitative estimate of drug-likeness (QED) is 0.483. The highest BCUT2D eigenvalue weighted by atomic mass is 32.2. The number of nitrogens with zero attached hydrogens (tertiary/aromatic N) is 1. The molecule has 0 radical (unpaired) electrons. The minimum absolute atomic E-state index is 0.930. The highest BCUT2D eigenvalue weighted by molar-refractivity contribution is 7.99. The normalized spacial score (nSPS) is 12.6. The average Bonchev–Trinajstić information content (AvgIpc) is 2.68. The van der Waals surface area contributed by atoms with Gasteiger partial charge in [0.25, 0.3) is 0 Å². The first kappa shape index (κ1) is 17.3. The molecule has 4 rings (SSSR count). The van der Waals surface area contributed by atoms with Gasteiger partial charge in [-0.05, 0) is 45.0 Å². The lowest BCUT2D eigenvalue weighted by Gasteiger charge is -2.24. The molecule has 0 aliphatic carbocycles. The molecule has 0 fully saturated rings. The zero-order valence-corrected chi connectivity index (χ0v) is 16.5. The Hall–Kier alpha value is -2.17. The van der Waals surface area contributed by atoms with E-state index in [9.17, 15) is 0 Å². The zero-order valence-electron chi connectivity index (χ0n) is 15.7. The number of quaternary nitrogens is 1. The summed E-state index contributed by atoms with van der Waals surface area (Å²) in [6.45, 7) is 9.59. The van der Waals surface area contributed by atoms with Gasteiger partial charge in [0.05, 0.1) is 9.79 Å². The van der Waals surface area contributed by atoms with E-state index < -0.39 is 0 Å². The maximum atomic E-state index is 3.54. The summed E-state index contributed by atoms with van der Waals surface area (Å²) in [6.07, 6.45) is 0. The first-order valence-electron chi connectivity index (χ1n) is 9.46. The Morgan fingerprint density at radius 3 is 2.42 bits per heavy atom. The van der Waals surface area contributed by atoms with Crippen LogP contribution in [0.25, 0.3) is 10.8 Å². The third kappa shape index (κ3) is 2.93. The second kappa shape index (κ2) is 7.22. The molecule has 3 aromatic rings. The van der Waals surface area contributed by atoms with Crippen molar-refractivity contribution in [1.29, 1.82) is 0 Å². The van der Waals surface area contributed by atoms with Gasteiger partial charge in [0, 0.05) is 47.8 Å². The Labute approximate surface area is 159 Å². The van der Waals surface area contributed by atoms with Crippen molar-refractivity contribution in [2.75, 3.05) is 29.9 Å². The molecule has 0 spiro atoms. The lowest BCUT2D eigenvalue weighted by molar-refractivity contribution is -0.483. The molecule has 0 atom stereocenters. The number of benzene rings is 3. The number of nitrogens with two attached hydrogens (primary N) is 1. The summed E-state index contributed by atoms with van der Waals surface area (Å²) in [5.74, 6) is 0. The van der Waals surface area contributed by atoms with Gasteiger partial charge < -0.3 is 10.2 Å². The van der Waals surface area contributed by atoms with Gasteiger partial charge in [0.15, 0.2) is 5.69 Å². The molecule has 0 bridgehead atoms. The van der Waals surface area contributed by atoms with Gasteiger partial charge in [-0.2, -0.15) is 0 Å². The Morgan fingerprint density at radius 1 is 0.923 bits per heavy atom. The van der Waals surface area contributed by atoms with Crippen molar-refractivity contribution in [3.8, 4) is 0 Å². The van der Waals surface area contributed by atoms with Gasteiger partial charge in [-0.15, -0.1) is 0 Å². The van der Waals surface area contributed by atoms with E-state index in [1.807, 2.05) is 11.8 Å². The summed E-state index contributed by atoms with van der Waals surface area (Å²) in [7, 11) is 0. The number of nitrogens with one attached hydrogen (secondary N) is 1. The number of hydrogen-bond acceptors (Lipinski definition) is 3. The maximum absolute atomic E-state index is 3.54. The largest absolute Gasteiger partial charge is 0.385 e. The van der Waals surface area contributed by atoms with E-state index in [0.29, 0.717) is 0 Å². The number of rotatable bonds is 5. The molecule has 0 unspecified atom stereocenters. The van der Waals surface area contributed by atoms with Gasteiger partial charge in [-0.25, -0.2) is 0 Å². The van der Waals surface area contributed by atoms with Crippen LogP contribution in [-0.4, -0.2) is 19.6 Å². The fourth-order valence-corrected chi connectivity index (χ4v) is 4.85. The second-order valence-corrected chi connectivity index (χ2v) is 7.64. The van der Waals surface area contributed by atoms with E-state index in [2.05, 4.69) is 84.8 Å². The highest BCUT2D eigenvalue weighted by Crippen LogP contribution is 2.45. The van der Waals surface area contributed by atoms with Gasteiger partial charge in [-0.1, -0.05) is 30.0 Å². The van der Waals surface area contributed by atoms with Crippen molar-refractivity contribution in [2.24, 2.45) is 0 Å². The highest BCUT2D eigenvalue weighted by Gasteiger charge is 2.24. The van der Waals surface area contributed by atoms with Gasteiger partial charge in [-0.3, -0.25) is 5.32 Å². The molecular formula is C22H26N3S+. The summed E-state index contributed by atoms with van der Waals surface area (Å²) < 4.78 is 0. The minimum atomic E-state index is 0.930. The van der Waals surface area contributed by atoms with Gasteiger partial charge >= 0.3 is 0 Å².